The van der Waals surface area contributed by atoms with Crippen molar-refractivity contribution >= 4 is 23.4 Å². The number of nitrogens with one attached hydrogen (secondary N) is 1. The molecule has 190 valence electrons. The fraction of sp³-hybridized carbons (Fsp3) is 0.357. The van der Waals surface area contributed by atoms with Crippen molar-refractivity contribution in [3.8, 4) is 11.5 Å². The van der Waals surface area contributed by atoms with Crippen LogP contribution in [0.3, 0.4) is 0 Å². The number of phenols is 1. The zero-order valence-corrected chi connectivity index (χ0v) is 21.4. The summed E-state index contributed by atoms with van der Waals surface area (Å²) in [6, 6.07) is 12.5. The van der Waals surface area contributed by atoms with E-state index in [1.165, 1.54) is 13.2 Å². The third-order valence-electron chi connectivity index (χ3n) is 6.53. The topological polar surface area (TPSA) is 94.1 Å². The monoisotopic (exact) mass is 511 g/mol. The first-order valence-corrected chi connectivity index (χ1v) is 12.3. The molecule has 36 heavy (non-hydrogen) atoms. The number of halogens is 1. The molecular formula is C28H30ClNO6. The van der Waals surface area contributed by atoms with Crippen molar-refractivity contribution in [1.29, 1.82) is 0 Å². The standard InChI is InChI=1S/C28H30ClNO6/c1-4-35-24-15-18(7-10-22(24)31)26-25(28(33)36-12-11-34-3)16(2)30-21-13-19(14-23(32)27(21)26)17-5-8-20(29)9-6-17/h5-10,15,19,26,30-31H,4,11-14H2,1-3H3. The Labute approximate surface area is 215 Å². The van der Waals surface area contributed by atoms with E-state index in [-0.39, 0.29) is 30.7 Å². The maximum Gasteiger partial charge on any atom is 0.336 e. The molecule has 0 saturated carbocycles. The van der Waals surface area contributed by atoms with Gasteiger partial charge in [0.05, 0.1) is 18.8 Å². The van der Waals surface area contributed by atoms with Gasteiger partial charge in [0.2, 0.25) is 0 Å². The van der Waals surface area contributed by atoms with E-state index in [2.05, 4.69) is 5.32 Å². The molecule has 1 heterocycles. The third kappa shape index (κ3) is 5.27. The number of benzene rings is 2. The molecule has 0 spiro atoms. The largest absolute Gasteiger partial charge is 0.504 e. The summed E-state index contributed by atoms with van der Waals surface area (Å²) in [5.74, 6) is -0.950. The Morgan fingerprint density at radius 1 is 1.11 bits per heavy atom. The quantitative estimate of drug-likeness (QED) is 0.380. The molecule has 0 radical (unpaired) electrons. The van der Waals surface area contributed by atoms with Gasteiger partial charge in [-0.3, -0.25) is 4.79 Å². The van der Waals surface area contributed by atoms with Crippen molar-refractivity contribution in [3.05, 3.63) is 81.2 Å². The first-order chi connectivity index (χ1) is 17.3. The fourth-order valence-electron chi connectivity index (χ4n) is 4.89. The van der Waals surface area contributed by atoms with Gasteiger partial charge in [-0.25, -0.2) is 4.79 Å². The van der Waals surface area contributed by atoms with E-state index in [9.17, 15) is 14.7 Å². The van der Waals surface area contributed by atoms with Crippen molar-refractivity contribution in [2.24, 2.45) is 0 Å². The smallest absolute Gasteiger partial charge is 0.336 e. The number of ketones is 1. The van der Waals surface area contributed by atoms with Crippen LogP contribution in [-0.2, 0) is 19.1 Å². The summed E-state index contributed by atoms with van der Waals surface area (Å²) < 4.78 is 16.1. The molecule has 0 aromatic heterocycles. The maximum absolute atomic E-state index is 13.7. The third-order valence-corrected chi connectivity index (χ3v) is 6.78. The molecule has 4 rings (SSSR count). The number of esters is 1. The Morgan fingerprint density at radius 2 is 1.83 bits per heavy atom. The fourth-order valence-corrected chi connectivity index (χ4v) is 5.02. The van der Waals surface area contributed by atoms with Gasteiger partial charge in [-0.2, -0.15) is 0 Å². The van der Waals surface area contributed by atoms with Gasteiger partial charge in [-0.1, -0.05) is 29.8 Å². The summed E-state index contributed by atoms with van der Waals surface area (Å²) in [4.78, 5) is 26.9. The Hall–Kier alpha value is -3.29. The molecule has 2 N–H and O–H groups in total. The van der Waals surface area contributed by atoms with E-state index in [1.807, 2.05) is 38.1 Å². The van der Waals surface area contributed by atoms with Crippen LogP contribution >= 0.6 is 11.6 Å². The number of rotatable bonds is 8. The minimum Gasteiger partial charge on any atom is -0.504 e. The minimum atomic E-state index is -0.658. The SMILES string of the molecule is CCOc1cc(C2C(C(=O)OCCOC)=C(C)NC3=C2C(=O)CC(c2ccc(Cl)cc2)C3)ccc1O. The van der Waals surface area contributed by atoms with E-state index in [4.69, 9.17) is 25.8 Å². The predicted octanol–water partition coefficient (Wildman–Crippen LogP) is 5.00. The van der Waals surface area contributed by atoms with Gasteiger partial charge in [-0.15, -0.1) is 0 Å². The van der Waals surface area contributed by atoms with Gasteiger partial charge in [0.15, 0.2) is 17.3 Å². The highest BCUT2D eigenvalue weighted by Gasteiger charge is 2.41. The van der Waals surface area contributed by atoms with Crippen molar-refractivity contribution < 1.29 is 28.9 Å². The van der Waals surface area contributed by atoms with Gasteiger partial charge < -0.3 is 24.6 Å². The molecule has 2 unspecified atom stereocenters. The van der Waals surface area contributed by atoms with Crippen LogP contribution in [0.25, 0.3) is 0 Å². The average molecular weight is 512 g/mol. The highest BCUT2D eigenvalue weighted by Crippen LogP contribution is 2.47. The molecule has 8 heteroatoms. The molecule has 0 bridgehead atoms. The number of hydrogen-bond acceptors (Lipinski definition) is 7. The summed E-state index contributed by atoms with van der Waals surface area (Å²) in [6.45, 7) is 4.35. The number of Topliss-reactive ketones (excluding diaryl/α,β-unsaturated/α-hetero) is 1. The minimum absolute atomic E-state index is 0.00793. The van der Waals surface area contributed by atoms with Gasteiger partial charge in [0.25, 0.3) is 0 Å². The van der Waals surface area contributed by atoms with Crippen molar-refractivity contribution in [2.75, 3.05) is 26.9 Å². The van der Waals surface area contributed by atoms with Crippen LogP contribution in [0.1, 0.15) is 49.7 Å². The zero-order chi connectivity index (χ0) is 25.8. The molecule has 7 nitrogen and oxygen atoms in total. The predicted molar refractivity (Wildman–Crippen MR) is 136 cm³/mol. The van der Waals surface area contributed by atoms with Crippen LogP contribution in [-0.4, -0.2) is 43.8 Å². The molecule has 2 aromatic carbocycles. The van der Waals surface area contributed by atoms with Crippen LogP contribution in [0.5, 0.6) is 11.5 Å². The van der Waals surface area contributed by atoms with Gasteiger partial charge >= 0.3 is 5.97 Å². The second-order valence-corrected chi connectivity index (χ2v) is 9.29. The summed E-state index contributed by atoms with van der Waals surface area (Å²) >= 11 is 6.06. The van der Waals surface area contributed by atoms with Gasteiger partial charge in [-0.05, 0) is 61.6 Å². The lowest BCUT2D eigenvalue weighted by Gasteiger charge is -2.36. The molecule has 1 aliphatic carbocycles. The second kappa shape index (κ2) is 11.2. The molecule has 2 atom stereocenters. The van der Waals surface area contributed by atoms with Crippen LogP contribution in [0.2, 0.25) is 5.02 Å². The Balaban J connectivity index is 1.78. The number of hydrogen-bond donors (Lipinski definition) is 2. The molecule has 0 fully saturated rings. The van der Waals surface area contributed by atoms with E-state index < -0.39 is 11.9 Å². The molecule has 2 aliphatic rings. The summed E-state index contributed by atoms with van der Waals surface area (Å²) in [6.07, 6.45) is 0.916. The maximum atomic E-state index is 13.7. The van der Waals surface area contributed by atoms with E-state index in [0.29, 0.717) is 52.6 Å². The van der Waals surface area contributed by atoms with Crippen molar-refractivity contribution in [1.82, 2.24) is 5.32 Å². The number of allylic oxidation sites excluding steroid dienone is 3. The van der Waals surface area contributed by atoms with E-state index in [1.54, 1.807) is 12.1 Å². The number of methoxy groups -OCH3 is 1. The number of dihydropyridines is 1. The van der Waals surface area contributed by atoms with Gasteiger partial charge in [0.1, 0.15) is 6.61 Å². The molecule has 0 amide bonds. The van der Waals surface area contributed by atoms with Crippen LogP contribution in [0, 0.1) is 0 Å². The highest BCUT2D eigenvalue weighted by atomic mass is 35.5. The summed E-state index contributed by atoms with van der Waals surface area (Å²) in [7, 11) is 1.53. The first kappa shape index (κ1) is 25.8. The lowest BCUT2D eigenvalue weighted by molar-refractivity contribution is -0.140. The number of ether oxygens (including phenoxy) is 3. The Bertz CT molecular complexity index is 1220. The van der Waals surface area contributed by atoms with Crippen LogP contribution in [0.15, 0.2) is 65.0 Å². The Kier molecular flexibility index (Phi) is 8.01. The summed E-state index contributed by atoms with van der Waals surface area (Å²) in [5, 5.41) is 14.2. The number of phenolic OH excluding ortho intramolecular Hbond substituents is 1. The van der Waals surface area contributed by atoms with E-state index >= 15 is 0 Å². The van der Waals surface area contributed by atoms with E-state index in [0.717, 1.165) is 11.3 Å². The van der Waals surface area contributed by atoms with Crippen molar-refractivity contribution in [2.45, 2.75) is 38.5 Å². The highest BCUT2D eigenvalue weighted by molar-refractivity contribution is 6.30. The van der Waals surface area contributed by atoms with Crippen LogP contribution < -0.4 is 10.1 Å². The lowest BCUT2D eigenvalue weighted by Crippen LogP contribution is -2.36. The lowest BCUT2D eigenvalue weighted by atomic mass is 9.71. The van der Waals surface area contributed by atoms with Gasteiger partial charge in [0, 0.05) is 41.4 Å². The number of carbonyl (C=O) groups is 2. The second-order valence-electron chi connectivity index (χ2n) is 8.86. The molecule has 2 aromatic rings. The molecule has 1 aliphatic heterocycles. The number of carbonyl (C=O) groups excluding carboxylic acids is 2. The molecule has 0 saturated heterocycles. The van der Waals surface area contributed by atoms with Crippen molar-refractivity contribution in [3.63, 3.8) is 0 Å². The molecular weight excluding hydrogens is 482 g/mol. The van der Waals surface area contributed by atoms with Crippen LogP contribution in [0.4, 0.5) is 0 Å². The first-order valence-electron chi connectivity index (χ1n) is 11.9. The average Bonchev–Trinajstić information content (AvgIpc) is 2.85. The normalized spacial score (nSPS) is 19.6. The Morgan fingerprint density at radius 3 is 2.53 bits per heavy atom. The number of aromatic hydroxyl groups is 1. The zero-order valence-electron chi connectivity index (χ0n) is 20.6. The summed E-state index contributed by atoms with van der Waals surface area (Å²) in [5.41, 5.74) is 4.01.